The van der Waals surface area contributed by atoms with Gasteiger partial charge in [0.05, 0.1) is 23.0 Å². The molecule has 2 aromatic carbocycles. The fourth-order valence-corrected chi connectivity index (χ4v) is 3.65. The van der Waals surface area contributed by atoms with Crippen molar-refractivity contribution in [2.75, 3.05) is 5.75 Å². The molecule has 27 heavy (non-hydrogen) atoms. The molecule has 0 bridgehead atoms. The molecule has 0 radical (unpaired) electrons. The molecule has 5 nitrogen and oxygen atoms in total. The van der Waals surface area contributed by atoms with Crippen molar-refractivity contribution in [3.8, 4) is 5.69 Å². The van der Waals surface area contributed by atoms with Crippen molar-refractivity contribution >= 4 is 40.2 Å². The summed E-state index contributed by atoms with van der Waals surface area (Å²) >= 11 is 7.35. The number of Topliss-reactive ketones (excluding diaryl/α,β-unsaturated/α-hetero) is 1. The van der Waals surface area contributed by atoms with Crippen LogP contribution in [0.5, 0.6) is 0 Å². The zero-order chi connectivity index (χ0) is 18.8. The van der Waals surface area contributed by atoms with E-state index in [0.717, 1.165) is 21.7 Å². The molecule has 4 aromatic rings. The Morgan fingerprint density at radius 2 is 1.81 bits per heavy atom. The van der Waals surface area contributed by atoms with Gasteiger partial charge < -0.3 is 0 Å². The lowest BCUT2D eigenvalue weighted by Gasteiger charge is -2.05. The van der Waals surface area contributed by atoms with Crippen molar-refractivity contribution in [3.63, 3.8) is 0 Å². The molecule has 0 amide bonds. The maximum atomic E-state index is 12.4. The normalized spacial score (nSPS) is 11.0. The van der Waals surface area contributed by atoms with E-state index in [1.807, 2.05) is 55.5 Å². The van der Waals surface area contributed by atoms with Gasteiger partial charge >= 0.3 is 0 Å². The highest BCUT2D eigenvalue weighted by molar-refractivity contribution is 8.00. The number of rotatable bonds is 5. The van der Waals surface area contributed by atoms with Gasteiger partial charge in [-0.25, -0.2) is 14.6 Å². The molecule has 4 rings (SSSR count). The minimum Gasteiger partial charge on any atom is -0.293 e. The lowest BCUT2D eigenvalue weighted by Crippen LogP contribution is -2.03. The highest BCUT2D eigenvalue weighted by Gasteiger charge is 2.13. The third-order valence-corrected chi connectivity index (χ3v) is 5.37. The standard InChI is InChI=1S/C20H15ClN4OS/c1-13-2-4-14(5-3-13)18(26)11-27-20-17-10-24-25(19(17)22-12-23-20)16-8-6-15(21)7-9-16/h2-10,12H,11H2,1H3. The third kappa shape index (κ3) is 3.72. The van der Waals surface area contributed by atoms with Crippen molar-refractivity contribution in [1.29, 1.82) is 0 Å². The molecule has 7 heteroatoms. The number of fused-ring (bicyclic) bond motifs is 1. The zero-order valence-electron chi connectivity index (χ0n) is 14.5. The number of aryl methyl sites for hydroxylation is 1. The van der Waals surface area contributed by atoms with Crippen LogP contribution in [0.4, 0.5) is 0 Å². The van der Waals surface area contributed by atoms with E-state index in [9.17, 15) is 4.79 Å². The second-order valence-corrected chi connectivity index (χ2v) is 7.43. The number of aromatic nitrogens is 4. The van der Waals surface area contributed by atoms with E-state index >= 15 is 0 Å². The maximum Gasteiger partial charge on any atom is 0.173 e. The molecule has 0 N–H and O–H groups in total. The minimum atomic E-state index is 0.0665. The first kappa shape index (κ1) is 17.7. The van der Waals surface area contributed by atoms with Crippen molar-refractivity contribution in [2.24, 2.45) is 0 Å². The molecular formula is C20H15ClN4OS. The Hall–Kier alpha value is -2.70. The lowest BCUT2D eigenvalue weighted by atomic mass is 10.1. The number of carbonyl (C=O) groups is 1. The third-order valence-electron chi connectivity index (χ3n) is 4.11. The second-order valence-electron chi connectivity index (χ2n) is 6.03. The predicted octanol–water partition coefficient (Wildman–Crippen LogP) is 4.75. The van der Waals surface area contributed by atoms with Crippen molar-refractivity contribution in [3.05, 3.63) is 77.2 Å². The molecule has 0 aliphatic rings. The molecule has 0 spiro atoms. The minimum absolute atomic E-state index is 0.0665. The van der Waals surface area contributed by atoms with Crippen LogP contribution in [0.25, 0.3) is 16.7 Å². The summed E-state index contributed by atoms with van der Waals surface area (Å²) in [5.74, 6) is 0.373. The summed E-state index contributed by atoms with van der Waals surface area (Å²) in [5.41, 5.74) is 3.39. The number of thioether (sulfide) groups is 1. The van der Waals surface area contributed by atoms with Crippen LogP contribution < -0.4 is 0 Å². The number of halogens is 1. The second kappa shape index (κ2) is 7.50. The van der Waals surface area contributed by atoms with Crippen LogP contribution in [0, 0.1) is 6.92 Å². The summed E-state index contributed by atoms with van der Waals surface area (Å²) in [4.78, 5) is 21.1. The number of hydrogen-bond acceptors (Lipinski definition) is 5. The van der Waals surface area contributed by atoms with E-state index in [4.69, 9.17) is 11.6 Å². The summed E-state index contributed by atoms with van der Waals surface area (Å²) in [5, 5.41) is 6.64. The number of hydrogen-bond donors (Lipinski definition) is 0. The van der Waals surface area contributed by atoms with Crippen LogP contribution in [-0.4, -0.2) is 31.3 Å². The Morgan fingerprint density at radius 1 is 1.07 bits per heavy atom. The number of benzene rings is 2. The van der Waals surface area contributed by atoms with Gasteiger partial charge in [0, 0.05) is 10.6 Å². The lowest BCUT2D eigenvalue weighted by molar-refractivity contribution is 0.102. The first-order valence-electron chi connectivity index (χ1n) is 8.29. The monoisotopic (exact) mass is 394 g/mol. The van der Waals surface area contributed by atoms with Crippen LogP contribution in [0.15, 0.2) is 66.1 Å². The van der Waals surface area contributed by atoms with Gasteiger partial charge in [0.15, 0.2) is 11.4 Å². The Balaban J connectivity index is 1.58. The van der Waals surface area contributed by atoms with Gasteiger partial charge in [0.2, 0.25) is 0 Å². The number of ketones is 1. The SMILES string of the molecule is Cc1ccc(C(=O)CSc2ncnc3c2cnn3-c2ccc(Cl)cc2)cc1. The van der Waals surface area contributed by atoms with Gasteiger partial charge in [-0.1, -0.05) is 53.2 Å². The molecule has 0 aliphatic carbocycles. The predicted molar refractivity (Wildman–Crippen MR) is 108 cm³/mol. The van der Waals surface area contributed by atoms with Gasteiger partial charge in [-0.05, 0) is 31.2 Å². The van der Waals surface area contributed by atoms with E-state index in [0.29, 0.717) is 22.0 Å². The van der Waals surface area contributed by atoms with Crippen LogP contribution in [0.3, 0.4) is 0 Å². The molecule has 0 aliphatic heterocycles. The molecule has 0 unspecified atom stereocenters. The molecule has 0 saturated carbocycles. The Kier molecular flexibility index (Phi) is 4.92. The highest BCUT2D eigenvalue weighted by Crippen LogP contribution is 2.26. The molecule has 0 atom stereocenters. The van der Waals surface area contributed by atoms with E-state index in [-0.39, 0.29) is 5.78 Å². The first-order valence-corrected chi connectivity index (χ1v) is 9.65. The molecule has 0 fully saturated rings. The van der Waals surface area contributed by atoms with Gasteiger partial charge in [0.25, 0.3) is 0 Å². The van der Waals surface area contributed by atoms with E-state index in [1.165, 1.54) is 18.1 Å². The Morgan fingerprint density at radius 3 is 2.56 bits per heavy atom. The number of carbonyl (C=O) groups excluding carboxylic acids is 1. The molecule has 2 aromatic heterocycles. The quantitative estimate of drug-likeness (QED) is 0.277. The average Bonchev–Trinajstić information content (AvgIpc) is 3.12. The molecular weight excluding hydrogens is 380 g/mol. The van der Waals surface area contributed by atoms with Crippen molar-refractivity contribution in [1.82, 2.24) is 19.7 Å². The van der Waals surface area contributed by atoms with Crippen molar-refractivity contribution in [2.45, 2.75) is 11.9 Å². The van der Waals surface area contributed by atoms with Gasteiger partial charge in [0.1, 0.15) is 11.4 Å². The summed E-state index contributed by atoms with van der Waals surface area (Å²) in [7, 11) is 0. The topological polar surface area (TPSA) is 60.7 Å². The van der Waals surface area contributed by atoms with Gasteiger partial charge in [-0.15, -0.1) is 0 Å². The fourth-order valence-electron chi connectivity index (χ4n) is 2.67. The van der Waals surface area contributed by atoms with Crippen LogP contribution in [0.2, 0.25) is 5.02 Å². The first-order chi connectivity index (χ1) is 13.1. The molecule has 0 saturated heterocycles. The largest absolute Gasteiger partial charge is 0.293 e. The van der Waals surface area contributed by atoms with Crippen molar-refractivity contribution < 1.29 is 4.79 Å². The molecule has 2 heterocycles. The van der Waals surface area contributed by atoms with Gasteiger partial charge in [-0.3, -0.25) is 4.79 Å². The number of nitrogens with zero attached hydrogens (tertiary/aromatic N) is 4. The summed E-state index contributed by atoms with van der Waals surface area (Å²) in [6.07, 6.45) is 3.22. The van der Waals surface area contributed by atoms with E-state index in [1.54, 1.807) is 10.9 Å². The van der Waals surface area contributed by atoms with Crippen LogP contribution in [0.1, 0.15) is 15.9 Å². The average molecular weight is 395 g/mol. The molecule has 134 valence electrons. The summed E-state index contributed by atoms with van der Waals surface area (Å²) < 4.78 is 1.74. The summed E-state index contributed by atoms with van der Waals surface area (Å²) in [6.45, 7) is 2.00. The van der Waals surface area contributed by atoms with E-state index < -0.39 is 0 Å². The van der Waals surface area contributed by atoms with Crippen LogP contribution in [-0.2, 0) is 0 Å². The summed E-state index contributed by atoms with van der Waals surface area (Å²) in [6, 6.07) is 15.0. The Bertz CT molecular complexity index is 1110. The Labute approximate surface area is 165 Å². The highest BCUT2D eigenvalue weighted by atomic mass is 35.5. The van der Waals surface area contributed by atoms with Gasteiger partial charge in [-0.2, -0.15) is 5.10 Å². The smallest absolute Gasteiger partial charge is 0.173 e. The zero-order valence-corrected chi connectivity index (χ0v) is 16.0. The van der Waals surface area contributed by atoms with E-state index in [2.05, 4.69) is 15.1 Å². The maximum absolute atomic E-state index is 12.4. The van der Waals surface area contributed by atoms with Crippen LogP contribution >= 0.6 is 23.4 Å². The fraction of sp³-hybridized carbons (Fsp3) is 0.100.